The number of anilines is 1. The molecule has 0 aliphatic rings. The molecule has 0 spiro atoms. The number of hydrogen-bond acceptors (Lipinski definition) is 3. The molecule has 1 aromatic rings. The van der Waals surface area contributed by atoms with Crippen LogP contribution in [0.4, 0.5) is 10.5 Å². The van der Waals surface area contributed by atoms with E-state index in [9.17, 15) is 9.90 Å². The molecule has 0 heterocycles. The predicted octanol–water partition coefficient (Wildman–Crippen LogP) is 2.68. The lowest BCUT2D eigenvalue weighted by molar-refractivity contribution is 0.160. The van der Waals surface area contributed by atoms with Crippen molar-refractivity contribution in [1.82, 2.24) is 5.32 Å². The van der Waals surface area contributed by atoms with Crippen molar-refractivity contribution in [3.05, 3.63) is 23.8 Å². The van der Waals surface area contributed by atoms with Gasteiger partial charge in [-0.05, 0) is 44.4 Å². The van der Waals surface area contributed by atoms with E-state index in [2.05, 4.69) is 10.6 Å². The Morgan fingerprint density at radius 1 is 1.40 bits per heavy atom. The number of aryl methyl sites for hydroxylation is 1. The number of ether oxygens (including phenoxy) is 1. The number of rotatable bonds is 7. The van der Waals surface area contributed by atoms with Gasteiger partial charge in [-0.3, -0.25) is 0 Å². The summed E-state index contributed by atoms with van der Waals surface area (Å²) in [6.45, 7) is 6.77. The van der Waals surface area contributed by atoms with Gasteiger partial charge in [0.2, 0.25) is 0 Å². The molecule has 112 valence electrons. The normalized spacial score (nSPS) is 11.8. The van der Waals surface area contributed by atoms with Crippen molar-refractivity contribution in [2.45, 2.75) is 39.7 Å². The summed E-state index contributed by atoms with van der Waals surface area (Å²) in [5, 5.41) is 14.9. The van der Waals surface area contributed by atoms with Gasteiger partial charge in [-0.2, -0.15) is 0 Å². The summed E-state index contributed by atoms with van der Waals surface area (Å²) < 4.78 is 5.50. The average molecular weight is 280 g/mol. The Balaban J connectivity index is 2.52. The summed E-state index contributed by atoms with van der Waals surface area (Å²) in [4.78, 5) is 11.8. The van der Waals surface area contributed by atoms with E-state index in [1.165, 1.54) is 0 Å². The minimum atomic E-state index is -0.367. The number of nitrogens with one attached hydrogen (secondary N) is 2. The number of carbonyl (C=O) groups is 1. The van der Waals surface area contributed by atoms with Gasteiger partial charge in [-0.1, -0.05) is 13.0 Å². The van der Waals surface area contributed by atoms with Crippen LogP contribution in [0.1, 0.15) is 32.3 Å². The van der Waals surface area contributed by atoms with Crippen molar-refractivity contribution < 1.29 is 14.6 Å². The summed E-state index contributed by atoms with van der Waals surface area (Å²) in [6, 6.07) is 5.33. The Morgan fingerprint density at radius 2 is 2.15 bits per heavy atom. The largest absolute Gasteiger partial charge is 0.492 e. The minimum absolute atomic E-state index is 0.293. The quantitative estimate of drug-likeness (QED) is 0.719. The SMILES string of the molecule is CCOc1cc(C)ccc1NC(=O)NCCC(O)CC. The van der Waals surface area contributed by atoms with Crippen LogP contribution in [0.2, 0.25) is 0 Å². The highest BCUT2D eigenvalue weighted by atomic mass is 16.5. The second-order valence-corrected chi connectivity index (χ2v) is 4.66. The molecular formula is C15H24N2O3. The van der Waals surface area contributed by atoms with Crippen molar-refractivity contribution in [1.29, 1.82) is 0 Å². The third kappa shape index (κ3) is 5.48. The van der Waals surface area contributed by atoms with E-state index in [0.29, 0.717) is 37.4 Å². The van der Waals surface area contributed by atoms with E-state index in [1.807, 2.05) is 39.0 Å². The Hall–Kier alpha value is -1.75. The summed E-state index contributed by atoms with van der Waals surface area (Å²) in [6.07, 6.45) is 0.875. The van der Waals surface area contributed by atoms with Crippen molar-refractivity contribution >= 4 is 11.7 Å². The molecule has 0 saturated heterocycles. The van der Waals surface area contributed by atoms with Gasteiger partial charge in [0.25, 0.3) is 0 Å². The zero-order valence-corrected chi connectivity index (χ0v) is 12.4. The molecule has 1 atom stereocenters. The topological polar surface area (TPSA) is 70.6 Å². The molecule has 0 saturated carbocycles. The summed E-state index contributed by atoms with van der Waals surface area (Å²) in [5.41, 5.74) is 1.72. The first-order valence-electron chi connectivity index (χ1n) is 7.03. The van der Waals surface area contributed by atoms with Gasteiger partial charge in [0, 0.05) is 6.54 Å². The Kier molecular flexibility index (Phi) is 6.87. The van der Waals surface area contributed by atoms with Crippen LogP contribution in [0.5, 0.6) is 5.75 Å². The molecule has 0 aliphatic carbocycles. The molecule has 0 bridgehead atoms. The van der Waals surface area contributed by atoms with E-state index < -0.39 is 0 Å². The van der Waals surface area contributed by atoms with Crippen molar-refractivity contribution in [3.63, 3.8) is 0 Å². The van der Waals surface area contributed by atoms with Crippen LogP contribution in [-0.4, -0.2) is 30.4 Å². The summed E-state index contributed by atoms with van der Waals surface area (Å²) in [5.74, 6) is 0.663. The fourth-order valence-corrected chi connectivity index (χ4v) is 1.73. The van der Waals surface area contributed by atoms with E-state index in [-0.39, 0.29) is 12.1 Å². The molecule has 1 rings (SSSR count). The molecular weight excluding hydrogens is 256 g/mol. The van der Waals surface area contributed by atoms with Crippen LogP contribution < -0.4 is 15.4 Å². The Morgan fingerprint density at radius 3 is 2.80 bits per heavy atom. The third-order valence-electron chi connectivity index (χ3n) is 2.92. The van der Waals surface area contributed by atoms with Gasteiger partial charge in [0.05, 0.1) is 18.4 Å². The van der Waals surface area contributed by atoms with Gasteiger partial charge < -0.3 is 20.5 Å². The smallest absolute Gasteiger partial charge is 0.319 e. The maximum Gasteiger partial charge on any atom is 0.319 e. The fraction of sp³-hybridized carbons (Fsp3) is 0.533. The van der Waals surface area contributed by atoms with Crippen molar-refractivity contribution in [2.24, 2.45) is 0 Å². The van der Waals surface area contributed by atoms with Crippen LogP contribution in [0.25, 0.3) is 0 Å². The zero-order valence-electron chi connectivity index (χ0n) is 12.4. The van der Waals surface area contributed by atoms with Crippen LogP contribution >= 0.6 is 0 Å². The first kappa shape index (κ1) is 16.3. The van der Waals surface area contributed by atoms with Gasteiger partial charge >= 0.3 is 6.03 Å². The molecule has 0 fully saturated rings. The third-order valence-corrected chi connectivity index (χ3v) is 2.92. The maximum absolute atomic E-state index is 11.8. The first-order chi connectivity index (χ1) is 9.56. The highest BCUT2D eigenvalue weighted by molar-refractivity contribution is 5.90. The molecule has 1 aromatic carbocycles. The Labute approximate surface area is 120 Å². The molecule has 3 N–H and O–H groups in total. The number of aliphatic hydroxyl groups excluding tert-OH is 1. The lowest BCUT2D eigenvalue weighted by Crippen LogP contribution is -2.31. The van der Waals surface area contributed by atoms with Crippen molar-refractivity contribution in [2.75, 3.05) is 18.5 Å². The van der Waals surface area contributed by atoms with Crippen LogP contribution in [0.15, 0.2) is 18.2 Å². The molecule has 20 heavy (non-hydrogen) atoms. The predicted molar refractivity (Wildman–Crippen MR) is 80.3 cm³/mol. The average Bonchev–Trinajstić information content (AvgIpc) is 2.42. The summed E-state index contributed by atoms with van der Waals surface area (Å²) >= 11 is 0. The summed E-state index contributed by atoms with van der Waals surface area (Å²) in [7, 11) is 0. The fourth-order valence-electron chi connectivity index (χ4n) is 1.73. The number of urea groups is 1. The zero-order chi connectivity index (χ0) is 15.0. The van der Waals surface area contributed by atoms with Gasteiger partial charge in [0.15, 0.2) is 0 Å². The van der Waals surface area contributed by atoms with Gasteiger partial charge in [-0.25, -0.2) is 4.79 Å². The minimum Gasteiger partial charge on any atom is -0.492 e. The standard InChI is InChI=1S/C15H24N2O3/c1-4-12(18)8-9-16-15(19)17-13-7-6-11(3)10-14(13)20-5-2/h6-7,10,12,18H,4-5,8-9H2,1-3H3,(H2,16,17,19). The van der Waals surface area contributed by atoms with Gasteiger partial charge in [-0.15, -0.1) is 0 Å². The molecule has 1 unspecified atom stereocenters. The van der Waals surface area contributed by atoms with Crippen LogP contribution in [0.3, 0.4) is 0 Å². The van der Waals surface area contributed by atoms with E-state index in [0.717, 1.165) is 5.56 Å². The second-order valence-electron chi connectivity index (χ2n) is 4.66. The number of hydrogen-bond donors (Lipinski definition) is 3. The molecule has 2 amide bonds. The second kappa shape index (κ2) is 8.43. The number of aliphatic hydroxyl groups is 1. The molecule has 5 nitrogen and oxygen atoms in total. The maximum atomic E-state index is 11.8. The lowest BCUT2D eigenvalue weighted by Gasteiger charge is -2.13. The highest BCUT2D eigenvalue weighted by Crippen LogP contribution is 2.25. The monoisotopic (exact) mass is 280 g/mol. The van der Waals surface area contributed by atoms with Crippen LogP contribution in [-0.2, 0) is 0 Å². The highest BCUT2D eigenvalue weighted by Gasteiger charge is 2.08. The van der Waals surface area contributed by atoms with E-state index >= 15 is 0 Å². The molecule has 0 radical (unpaired) electrons. The Bertz CT molecular complexity index is 435. The number of benzene rings is 1. The van der Waals surface area contributed by atoms with Crippen molar-refractivity contribution in [3.8, 4) is 5.75 Å². The van der Waals surface area contributed by atoms with E-state index in [1.54, 1.807) is 0 Å². The molecule has 0 aliphatic heterocycles. The number of carbonyl (C=O) groups excluding carboxylic acids is 1. The molecule has 0 aromatic heterocycles. The number of amides is 2. The van der Waals surface area contributed by atoms with E-state index in [4.69, 9.17) is 4.74 Å². The van der Waals surface area contributed by atoms with Crippen LogP contribution in [0, 0.1) is 6.92 Å². The lowest BCUT2D eigenvalue weighted by atomic mass is 10.2. The first-order valence-corrected chi connectivity index (χ1v) is 7.03. The van der Waals surface area contributed by atoms with Gasteiger partial charge in [0.1, 0.15) is 5.75 Å². The molecule has 5 heteroatoms.